The number of aliphatic hydroxyl groups is 1. The number of nitrogens with one attached hydrogen (secondary N) is 1. The molecule has 4 aliphatic carbocycles. The third-order valence-electron chi connectivity index (χ3n) is 9.64. The number of methoxy groups -OCH3 is 2. The van der Waals surface area contributed by atoms with Crippen LogP contribution in [0.25, 0.3) is 0 Å². The smallest absolute Gasteiger partial charge is 0.166 e. The number of hydrogen-bond donors (Lipinski definition) is 3. The second-order valence-corrected chi connectivity index (χ2v) is 11.2. The van der Waals surface area contributed by atoms with Crippen LogP contribution in [0.2, 0.25) is 0 Å². The first kappa shape index (κ1) is 21.4. The lowest BCUT2D eigenvalue weighted by Gasteiger charge is -2.72. The molecule has 0 amide bonds. The molecule has 0 unspecified atom stereocenters. The Bertz CT molecular complexity index is 1060. The molecule has 2 aliphatic heterocycles. The number of ether oxygens (including phenoxy) is 3. The minimum atomic E-state index is -0.934. The molecule has 33 heavy (non-hydrogen) atoms. The Labute approximate surface area is 195 Å². The van der Waals surface area contributed by atoms with Gasteiger partial charge in [0.15, 0.2) is 11.5 Å². The highest BCUT2D eigenvalue weighted by molar-refractivity contribution is 5.77. The molecule has 2 heterocycles. The van der Waals surface area contributed by atoms with E-state index in [0.717, 1.165) is 43.9 Å². The van der Waals surface area contributed by atoms with E-state index in [0.29, 0.717) is 6.42 Å². The zero-order valence-electron chi connectivity index (χ0n) is 20.0. The molecule has 0 radical (unpaired) electrons. The van der Waals surface area contributed by atoms with Crippen LogP contribution in [0.5, 0.6) is 11.5 Å². The van der Waals surface area contributed by atoms with Crippen molar-refractivity contribution in [2.45, 2.75) is 68.3 Å². The van der Waals surface area contributed by atoms with E-state index in [2.05, 4.69) is 23.1 Å². The summed E-state index contributed by atoms with van der Waals surface area (Å²) in [6.07, 6.45) is 7.62. The van der Waals surface area contributed by atoms with Gasteiger partial charge >= 0.3 is 0 Å². The van der Waals surface area contributed by atoms with Crippen LogP contribution in [0.4, 0.5) is 0 Å². The van der Waals surface area contributed by atoms with Gasteiger partial charge < -0.3 is 25.1 Å². The van der Waals surface area contributed by atoms with Crippen molar-refractivity contribution in [1.82, 2.24) is 4.90 Å². The van der Waals surface area contributed by atoms with Crippen LogP contribution in [0.3, 0.4) is 0 Å². The van der Waals surface area contributed by atoms with E-state index in [1.807, 2.05) is 19.9 Å². The molecule has 178 valence electrons. The van der Waals surface area contributed by atoms with Crippen LogP contribution in [-0.4, -0.2) is 66.5 Å². The SMILES string of the molecule is COc1ccc2c3c1O[C@H]1[C@@]4(OC)C=C[C@@]5(C[C@@H]4C(C)(C)O)[C@@H](C2)N(CCC(=N)N)CC[C@]315. The first-order chi connectivity index (χ1) is 15.6. The van der Waals surface area contributed by atoms with Crippen LogP contribution in [-0.2, 0) is 16.6 Å². The van der Waals surface area contributed by atoms with Gasteiger partial charge in [-0.25, -0.2) is 0 Å². The molecule has 2 spiro atoms. The standard InChI is InChI=1S/C26H35N3O4/c1-23(2,30)17-14-24-8-9-26(17,32-4)22-25(24)10-12-29(11-7-19(27)28)18(24)13-15-5-6-16(31-3)21(33-22)20(15)25/h5-6,8-9,17-18,22,30H,7,10-14H2,1-4H3,(H3,27,28)/t17-,18-,22-,24-,25+,26-/m1/s1. The minimum Gasteiger partial charge on any atom is -0.493 e. The summed E-state index contributed by atoms with van der Waals surface area (Å²) < 4.78 is 19.0. The van der Waals surface area contributed by atoms with E-state index in [1.54, 1.807) is 14.2 Å². The quantitative estimate of drug-likeness (QED) is 0.347. The van der Waals surface area contributed by atoms with Gasteiger partial charge in [-0.2, -0.15) is 0 Å². The summed E-state index contributed by atoms with van der Waals surface area (Å²) in [5.41, 5.74) is 6.31. The van der Waals surface area contributed by atoms with Crippen molar-refractivity contribution in [2.24, 2.45) is 17.1 Å². The third-order valence-corrected chi connectivity index (χ3v) is 9.64. The fraction of sp³-hybridized carbons (Fsp3) is 0.654. The summed E-state index contributed by atoms with van der Waals surface area (Å²) in [5, 5.41) is 19.2. The molecule has 6 atom stereocenters. The van der Waals surface area contributed by atoms with Crippen molar-refractivity contribution in [3.8, 4) is 11.5 Å². The Morgan fingerprint density at radius 2 is 2.12 bits per heavy atom. The summed E-state index contributed by atoms with van der Waals surface area (Å²) in [5.74, 6) is 1.75. The molecule has 7 heteroatoms. The highest BCUT2D eigenvalue weighted by atomic mass is 16.6. The zero-order valence-corrected chi connectivity index (χ0v) is 20.0. The highest BCUT2D eigenvalue weighted by Crippen LogP contribution is 2.75. The van der Waals surface area contributed by atoms with E-state index < -0.39 is 11.2 Å². The number of rotatable bonds is 6. The van der Waals surface area contributed by atoms with Crippen LogP contribution in [0.1, 0.15) is 44.2 Å². The van der Waals surface area contributed by atoms with E-state index in [4.69, 9.17) is 25.4 Å². The molecule has 6 aliphatic rings. The molecule has 4 N–H and O–H groups in total. The number of nitrogens with zero attached hydrogens (tertiary/aromatic N) is 1. The van der Waals surface area contributed by atoms with E-state index in [-0.39, 0.29) is 34.7 Å². The van der Waals surface area contributed by atoms with E-state index >= 15 is 0 Å². The Kier molecular flexibility index (Phi) is 4.24. The largest absolute Gasteiger partial charge is 0.493 e. The second kappa shape index (κ2) is 6.52. The topological polar surface area (TPSA) is 101 Å². The average molecular weight is 454 g/mol. The molecular formula is C26H35N3O4. The van der Waals surface area contributed by atoms with E-state index in [9.17, 15) is 5.11 Å². The van der Waals surface area contributed by atoms with Crippen molar-refractivity contribution in [1.29, 1.82) is 5.41 Å². The number of nitrogens with two attached hydrogens (primary N) is 1. The molecule has 4 bridgehead atoms. The fourth-order valence-electron chi connectivity index (χ4n) is 8.41. The van der Waals surface area contributed by atoms with Gasteiger partial charge in [-0.3, -0.25) is 10.3 Å². The highest BCUT2D eigenvalue weighted by Gasteiger charge is 2.80. The summed E-state index contributed by atoms with van der Waals surface area (Å²) in [4.78, 5) is 2.53. The summed E-state index contributed by atoms with van der Waals surface area (Å²) in [6.45, 7) is 5.50. The molecule has 7 nitrogen and oxygen atoms in total. The van der Waals surface area contributed by atoms with Crippen LogP contribution in [0, 0.1) is 16.7 Å². The molecule has 2 fully saturated rings. The van der Waals surface area contributed by atoms with Gasteiger partial charge in [0.25, 0.3) is 0 Å². The second-order valence-electron chi connectivity index (χ2n) is 11.2. The molecule has 1 saturated carbocycles. The maximum absolute atomic E-state index is 11.4. The molecular weight excluding hydrogens is 418 g/mol. The van der Waals surface area contributed by atoms with Crippen molar-refractivity contribution in [3.63, 3.8) is 0 Å². The fourth-order valence-corrected chi connectivity index (χ4v) is 8.41. The van der Waals surface area contributed by atoms with E-state index in [1.165, 1.54) is 11.1 Å². The first-order valence-electron chi connectivity index (χ1n) is 12.1. The van der Waals surface area contributed by atoms with Gasteiger partial charge in [-0.1, -0.05) is 18.2 Å². The average Bonchev–Trinajstić information content (AvgIpc) is 3.14. The predicted molar refractivity (Wildman–Crippen MR) is 125 cm³/mol. The molecule has 1 aromatic rings. The van der Waals surface area contributed by atoms with Crippen molar-refractivity contribution in [2.75, 3.05) is 27.3 Å². The monoisotopic (exact) mass is 453 g/mol. The predicted octanol–water partition coefficient (Wildman–Crippen LogP) is 2.38. The lowest BCUT2D eigenvalue weighted by Crippen LogP contribution is -2.80. The van der Waals surface area contributed by atoms with Crippen molar-refractivity contribution >= 4 is 5.84 Å². The number of fused-ring (bicyclic) bond motifs is 1. The molecule has 0 aromatic heterocycles. The maximum Gasteiger partial charge on any atom is 0.166 e. The molecule has 7 rings (SSSR count). The number of hydrogen-bond acceptors (Lipinski definition) is 6. The normalized spacial score (nSPS) is 39.8. The van der Waals surface area contributed by atoms with Crippen molar-refractivity contribution in [3.05, 3.63) is 35.4 Å². The van der Waals surface area contributed by atoms with Crippen LogP contribution in [0.15, 0.2) is 24.3 Å². The van der Waals surface area contributed by atoms with Gasteiger partial charge in [0.1, 0.15) is 11.7 Å². The maximum atomic E-state index is 11.4. The Morgan fingerprint density at radius 3 is 2.79 bits per heavy atom. The number of piperidine rings is 1. The van der Waals surface area contributed by atoms with Gasteiger partial charge in [0.2, 0.25) is 0 Å². The minimum absolute atomic E-state index is 0.116. The Morgan fingerprint density at radius 1 is 1.33 bits per heavy atom. The van der Waals surface area contributed by atoms with Gasteiger partial charge in [0, 0.05) is 43.0 Å². The lowest BCUT2D eigenvalue weighted by molar-refractivity contribution is -0.245. The van der Waals surface area contributed by atoms with Gasteiger partial charge in [0.05, 0.1) is 24.0 Å². The third kappa shape index (κ3) is 2.33. The summed E-state index contributed by atoms with van der Waals surface area (Å²) in [6, 6.07) is 4.48. The lowest BCUT2D eigenvalue weighted by atomic mass is 9.36. The van der Waals surface area contributed by atoms with Crippen molar-refractivity contribution < 1.29 is 19.3 Å². The Hall–Kier alpha value is -2.09. The molecule has 1 aromatic carbocycles. The zero-order chi connectivity index (χ0) is 23.4. The van der Waals surface area contributed by atoms with Crippen LogP contribution >= 0.6 is 0 Å². The first-order valence-corrected chi connectivity index (χ1v) is 12.1. The summed E-state index contributed by atoms with van der Waals surface area (Å²) in [7, 11) is 3.45. The number of benzene rings is 1. The molecule has 1 saturated heterocycles. The van der Waals surface area contributed by atoms with Gasteiger partial charge in [-0.05, 0) is 51.3 Å². The number of amidine groups is 1. The number of likely N-dealkylation sites (tertiary alicyclic amines) is 1. The van der Waals surface area contributed by atoms with Gasteiger partial charge in [-0.15, -0.1) is 0 Å². The van der Waals surface area contributed by atoms with Crippen LogP contribution < -0.4 is 15.2 Å². The Balaban J connectivity index is 1.61. The summed E-state index contributed by atoms with van der Waals surface area (Å²) >= 11 is 0.